The Morgan fingerprint density at radius 3 is 2.20 bits per heavy atom. The van der Waals surface area contributed by atoms with Crippen molar-refractivity contribution >= 4 is 56.2 Å². The van der Waals surface area contributed by atoms with Gasteiger partial charge in [-0.2, -0.15) is 14.3 Å². The fourth-order valence-electron chi connectivity index (χ4n) is 6.27. The van der Waals surface area contributed by atoms with Gasteiger partial charge >= 0.3 is 0 Å². The van der Waals surface area contributed by atoms with Crippen LogP contribution in [0.15, 0.2) is 29.4 Å². The molecule has 0 amide bonds. The number of piperidine rings is 1. The smallest absolute Gasteiger partial charge is 0.246 e. The zero-order chi connectivity index (χ0) is 27.9. The lowest BCUT2D eigenvalue weighted by Gasteiger charge is -2.32. The first-order valence-electron chi connectivity index (χ1n) is 14.3. The monoisotopic (exact) mass is 606 g/mol. The molecule has 1 aliphatic heterocycles. The number of halogens is 2. The van der Waals surface area contributed by atoms with Crippen molar-refractivity contribution in [3.8, 4) is 0 Å². The zero-order valence-corrected chi connectivity index (χ0v) is 24.7. The zero-order valence-electron chi connectivity index (χ0n) is 22.4. The van der Waals surface area contributed by atoms with Crippen molar-refractivity contribution in [2.45, 2.75) is 93.3 Å². The molecule has 0 bridgehead atoms. The molecule has 0 atom stereocenters. The van der Waals surface area contributed by atoms with Crippen LogP contribution in [0.1, 0.15) is 70.3 Å². The Morgan fingerprint density at radius 1 is 0.875 bits per heavy atom. The van der Waals surface area contributed by atoms with E-state index >= 15 is 0 Å². The van der Waals surface area contributed by atoms with Gasteiger partial charge in [0.25, 0.3) is 0 Å². The average molecular weight is 608 g/mol. The Kier molecular flexibility index (Phi) is 8.11. The normalized spacial score (nSPS) is 23.6. The SMILES string of the molecule is NC1CCC(Nc2nc(NC3CCN(S(=O)(=O)c4c(Cl)cccc4Cl)CC3)c3ncn(C4CCCC4)c3n2)CC1. The van der Waals surface area contributed by atoms with Gasteiger partial charge < -0.3 is 20.9 Å². The van der Waals surface area contributed by atoms with Crippen LogP contribution in [0.5, 0.6) is 0 Å². The molecular weight excluding hydrogens is 571 g/mol. The molecule has 0 spiro atoms. The van der Waals surface area contributed by atoms with E-state index in [1.807, 2.05) is 6.33 Å². The third-order valence-electron chi connectivity index (χ3n) is 8.56. The third kappa shape index (κ3) is 5.63. The molecular formula is C27H36Cl2N8O2S. The van der Waals surface area contributed by atoms with Crippen LogP contribution in [0.3, 0.4) is 0 Å². The summed E-state index contributed by atoms with van der Waals surface area (Å²) < 4.78 is 30.3. The molecule has 0 radical (unpaired) electrons. The van der Waals surface area contributed by atoms with E-state index in [1.165, 1.54) is 17.1 Å². The first-order chi connectivity index (χ1) is 19.3. The molecule has 6 rings (SSSR count). The van der Waals surface area contributed by atoms with Crippen molar-refractivity contribution in [2.24, 2.45) is 5.73 Å². The number of hydrogen-bond acceptors (Lipinski definition) is 8. The average Bonchev–Trinajstić information content (AvgIpc) is 3.60. The van der Waals surface area contributed by atoms with E-state index in [-0.39, 0.29) is 33.1 Å². The van der Waals surface area contributed by atoms with Gasteiger partial charge in [-0.15, -0.1) is 0 Å². The molecule has 13 heteroatoms. The number of fused-ring (bicyclic) bond motifs is 1. The highest BCUT2D eigenvalue weighted by molar-refractivity contribution is 7.89. The molecule has 2 saturated carbocycles. The maximum Gasteiger partial charge on any atom is 0.246 e. The van der Waals surface area contributed by atoms with Gasteiger partial charge in [-0.25, -0.2) is 13.4 Å². The minimum absolute atomic E-state index is 0.0286. The van der Waals surface area contributed by atoms with Gasteiger partial charge in [-0.1, -0.05) is 42.1 Å². The summed E-state index contributed by atoms with van der Waals surface area (Å²) in [5.41, 5.74) is 7.71. The van der Waals surface area contributed by atoms with E-state index in [0.717, 1.165) is 49.7 Å². The highest BCUT2D eigenvalue weighted by Crippen LogP contribution is 2.35. The van der Waals surface area contributed by atoms with Crippen molar-refractivity contribution in [3.63, 3.8) is 0 Å². The van der Waals surface area contributed by atoms with Gasteiger partial charge in [0.2, 0.25) is 16.0 Å². The predicted molar refractivity (Wildman–Crippen MR) is 159 cm³/mol. The minimum Gasteiger partial charge on any atom is -0.365 e. The van der Waals surface area contributed by atoms with E-state index in [0.29, 0.717) is 43.7 Å². The molecule has 4 N–H and O–H groups in total. The summed E-state index contributed by atoms with van der Waals surface area (Å²) in [6.45, 7) is 0.694. The Labute approximate surface area is 245 Å². The van der Waals surface area contributed by atoms with Gasteiger partial charge in [0.05, 0.1) is 16.4 Å². The minimum atomic E-state index is -3.81. The van der Waals surface area contributed by atoms with E-state index in [9.17, 15) is 8.42 Å². The maximum atomic E-state index is 13.3. The number of nitrogens with two attached hydrogens (primary N) is 1. The van der Waals surface area contributed by atoms with Crippen LogP contribution in [0.25, 0.3) is 11.2 Å². The van der Waals surface area contributed by atoms with Crippen molar-refractivity contribution in [1.82, 2.24) is 23.8 Å². The fraction of sp³-hybridized carbons (Fsp3) is 0.593. The highest BCUT2D eigenvalue weighted by Gasteiger charge is 2.33. The van der Waals surface area contributed by atoms with Crippen LogP contribution in [0.4, 0.5) is 11.8 Å². The second-order valence-corrected chi connectivity index (χ2v) is 14.0. The van der Waals surface area contributed by atoms with Crippen molar-refractivity contribution in [1.29, 1.82) is 0 Å². The molecule has 2 aliphatic carbocycles. The molecule has 40 heavy (non-hydrogen) atoms. The van der Waals surface area contributed by atoms with Crippen LogP contribution < -0.4 is 16.4 Å². The lowest BCUT2D eigenvalue weighted by Crippen LogP contribution is -2.42. The van der Waals surface area contributed by atoms with E-state index in [4.69, 9.17) is 43.9 Å². The molecule has 1 aromatic carbocycles. The maximum absolute atomic E-state index is 13.3. The summed E-state index contributed by atoms with van der Waals surface area (Å²) in [5, 5.41) is 7.42. The Bertz CT molecular complexity index is 1440. The number of imidazole rings is 1. The predicted octanol–water partition coefficient (Wildman–Crippen LogP) is 5.20. The fourth-order valence-corrected chi connectivity index (χ4v) is 8.83. The third-order valence-corrected chi connectivity index (χ3v) is 11.4. The van der Waals surface area contributed by atoms with Crippen molar-refractivity contribution in [3.05, 3.63) is 34.6 Å². The summed E-state index contributed by atoms with van der Waals surface area (Å²) in [6.07, 6.45) is 11.8. The van der Waals surface area contributed by atoms with E-state index in [2.05, 4.69) is 15.2 Å². The Morgan fingerprint density at radius 2 is 1.52 bits per heavy atom. The van der Waals surface area contributed by atoms with Gasteiger partial charge in [0, 0.05) is 37.3 Å². The van der Waals surface area contributed by atoms with Gasteiger partial charge in [0.1, 0.15) is 4.90 Å². The number of nitrogens with zero attached hydrogens (tertiary/aromatic N) is 5. The van der Waals surface area contributed by atoms with E-state index < -0.39 is 10.0 Å². The standard InChI is InChI=1S/C27H36Cl2N8O2S/c28-21-6-3-7-22(29)24(21)40(38,39)36-14-12-19(13-15-36)32-25-23-26(37(16-31-23)20-4-1-2-5-20)35-27(34-25)33-18-10-8-17(30)9-11-18/h3,6-7,16-20H,1-2,4-5,8-15,30H2,(H2,32,33,34,35). The quantitative estimate of drug-likeness (QED) is 0.334. The van der Waals surface area contributed by atoms with E-state index in [1.54, 1.807) is 18.2 Å². The molecule has 3 heterocycles. The summed E-state index contributed by atoms with van der Waals surface area (Å²) in [4.78, 5) is 14.5. The highest BCUT2D eigenvalue weighted by atomic mass is 35.5. The van der Waals surface area contributed by atoms with Gasteiger partial charge in [-0.05, 0) is 63.5 Å². The summed E-state index contributed by atoms with van der Waals surface area (Å²) in [7, 11) is -3.81. The molecule has 3 aliphatic rings. The number of hydrogen-bond donors (Lipinski definition) is 3. The second-order valence-electron chi connectivity index (χ2n) is 11.3. The van der Waals surface area contributed by atoms with Crippen molar-refractivity contribution in [2.75, 3.05) is 23.7 Å². The molecule has 10 nitrogen and oxygen atoms in total. The molecule has 3 fully saturated rings. The van der Waals surface area contributed by atoms with Gasteiger partial charge in [0.15, 0.2) is 17.0 Å². The first kappa shape index (κ1) is 28.0. The van der Waals surface area contributed by atoms with Crippen molar-refractivity contribution < 1.29 is 8.42 Å². The molecule has 0 unspecified atom stereocenters. The first-order valence-corrected chi connectivity index (χ1v) is 16.5. The number of rotatable bonds is 7. The lowest BCUT2D eigenvalue weighted by molar-refractivity contribution is 0.329. The number of sulfonamides is 1. The number of nitrogens with one attached hydrogen (secondary N) is 2. The second kappa shape index (κ2) is 11.6. The molecule has 2 aromatic heterocycles. The summed E-state index contributed by atoms with van der Waals surface area (Å²) in [6, 6.07) is 5.73. The number of anilines is 2. The summed E-state index contributed by atoms with van der Waals surface area (Å²) in [5.74, 6) is 1.29. The van der Waals surface area contributed by atoms with Gasteiger partial charge in [-0.3, -0.25) is 0 Å². The Balaban J connectivity index is 1.22. The number of aromatic nitrogens is 4. The largest absolute Gasteiger partial charge is 0.365 e. The van der Waals surface area contributed by atoms with Crippen LogP contribution in [-0.4, -0.2) is 63.5 Å². The summed E-state index contributed by atoms with van der Waals surface area (Å²) >= 11 is 12.5. The van der Waals surface area contributed by atoms with Crippen LogP contribution >= 0.6 is 23.2 Å². The molecule has 3 aromatic rings. The number of benzene rings is 1. The van der Waals surface area contributed by atoms with Crippen LogP contribution in [0, 0.1) is 0 Å². The van der Waals surface area contributed by atoms with Crippen LogP contribution in [-0.2, 0) is 10.0 Å². The Hall–Kier alpha value is -2.18. The van der Waals surface area contributed by atoms with Crippen LogP contribution in [0.2, 0.25) is 10.0 Å². The lowest BCUT2D eigenvalue weighted by atomic mass is 9.92. The molecule has 1 saturated heterocycles. The topological polar surface area (TPSA) is 131 Å². The molecule has 216 valence electrons.